The van der Waals surface area contributed by atoms with Gasteiger partial charge in [0.15, 0.2) is 11.5 Å². The summed E-state index contributed by atoms with van der Waals surface area (Å²) in [5.74, 6) is 1.50. The molecule has 1 fully saturated rings. The van der Waals surface area contributed by atoms with Crippen molar-refractivity contribution in [2.45, 2.75) is 51.0 Å². The molecule has 0 amide bonds. The standard InChI is InChI=1S/C16H24ClNO2/c1-11(2)20-15-13(8-12(17)9-14(15)19-3)16(10-18)6-4-5-7-16/h8-9,11H,4-7,10,18H2,1-3H3. The summed E-state index contributed by atoms with van der Waals surface area (Å²) in [5, 5.41) is 0.674. The Labute approximate surface area is 126 Å². The Balaban J connectivity index is 2.57. The number of hydrogen-bond donors (Lipinski definition) is 1. The van der Waals surface area contributed by atoms with Gasteiger partial charge in [0.05, 0.1) is 13.2 Å². The maximum Gasteiger partial charge on any atom is 0.165 e. The van der Waals surface area contributed by atoms with Crippen molar-refractivity contribution < 1.29 is 9.47 Å². The zero-order valence-electron chi connectivity index (χ0n) is 12.5. The maximum atomic E-state index is 6.26. The second-order valence-electron chi connectivity index (χ2n) is 5.84. The smallest absolute Gasteiger partial charge is 0.165 e. The zero-order valence-corrected chi connectivity index (χ0v) is 13.3. The van der Waals surface area contributed by atoms with Crippen molar-refractivity contribution in [3.63, 3.8) is 0 Å². The molecule has 0 aliphatic heterocycles. The molecule has 3 nitrogen and oxygen atoms in total. The third kappa shape index (κ3) is 2.89. The molecule has 0 heterocycles. The zero-order chi connectivity index (χ0) is 14.8. The van der Waals surface area contributed by atoms with E-state index in [-0.39, 0.29) is 11.5 Å². The third-order valence-electron chi connectivity index (χ3n) is 4.12. The van der Waals surface area contributed by atoms with E-state index in [0.29, 0.717) is 17.3 Å². The largest absolute Gasteiger partial charge is 0.493 e. The van der Waals surface area contributed by atoms with E-state index >= 15 is 0 Å². The van der Waals surface area contributed by atoms with Crippen LogP contribution >= 0.6 is 11.6 Å². The molecule has 1 aromatic carbocycles. The first-order valence-corrected chi connectivity index (χ1v) is 7.65. The minimum Gasteiger partial charge on any atom is -0.493 e. The summed E-state index contributed by atoms with van der Waals surface area (Å²) < 4.78 is 11.5. The van der Waals surface area contributed by atoms with Gasteiger partial charge < -0.3 is 15.2 Å². The van der Waals surface area contributed by atoms with Crippen LogP contribution in [0.25, 0.3) is 0 Å². The van der Waals surface area contributed by atoms with Gasteiger partial charge in [-0.1, -0.05) is 24.4 Å². The molecule has 1 aliphatic rings. The predicted molar refractivity (Wildman–Crippen MR) is 83.0 cm³/mol. The summed E-state index contributed by atoms with van der Waals surface area (Å²) in [6, 6.07) is 3.81. The van der Waals surface area contributed by atoms with Crippen LogP contribution in [-0.2, 0) is 5.41 Å². The molecule has 2 rings (SSSR count). The summed E-state index contributed by atoms with van der Waals surface area (Å²) >= 11 is 6.26. The van der Waals surface area contributed by atoms with Crippen LogP contribution in [0.15, 0.2) is 12.1 Å². The van der Waals surface area contributed by atoms with Gasteiger partial charge in [-0.15, -0.1) is 0 Å². The van der Waals surface area contributed by atoms with E-state index in [2.05, 4.69) is 0 Å². The van der Waals surface area contributed by atoms with E-state index < -0.39 is 0 Å². The molecule has 2 N–H and O–H groups in total. The summed E-state index contributed by atoms with van der Waals surface area (Å²) in [5.41, 5.74) is 7.18. The van der Waals surface area contributed by atoms with Gasteiger partial charge >= 0.3 is 0 Å². The van der Waals surface area contributed by atoms with Crippen molar-refractivity contribution in [3.8, 4) is 11.5 Å². The number of halogens is 1. The van der Waals surface area contributed by atoms with E-state index in [0.717, 1.165) is 24.2 Å². The molecule has 112 valence electrons. The Kier molecular flexibility index (Phi) is 4.82. The van der Waals surface area contributed by atoms with Gasteiger partial charge in [-0.2, -0.15) is 0 Å². The number of benzene rings is 1. The van der Waals surface area contributed by atoms with Crippen LogP contribution in [-0.4, -0.2) is 19.8 Å². The average molecular weight is 298 g/mol. The molecule has 1 aliphatic carbocycles. The van der Waals surface area contributed by atoms with Gasteiger partial charge in [0.2, 0.25) is 0 Å². The number of methoxy groups -OCH3 is 1. The highest BCUT2D eigenvalue weighted by Crippen LogP contribution is 2.48. The van der Waals surface area contributed by atoms with Crippen LogP contribution in [0.1, 0.15) is 45.1 Å². The lowest BCUT2D eigenvalue weighted by Crippen LogP contribution is -2.33. The monoisotopic (exact) mass is 297 g/mol. The third-order valence-corrected chi connectivity index (χ3v) is 4.33. The maximum absolute atomic E-state index is 6.26. The molecule has 0 spiro atoms. The minimum atomic E-state index is -0.0254. The normalized spacial score (nSPS) is 17.5. The number of ether oxygens (including phenoxy) is 2. The summed E-state index contributed by atoms with van der Waals surface area (Å²) in [6.45, 7) is 4.65. The molecule has 20 heavy (non-hydrogen) atoms. The molecule has 0 bridgehead atoms. The first-order chi connectivity index (χ1) is 9.52. The lowest BCUT2D eigenvalue weighted by Gasteiger charge is -2.31. The highest BCUT2D eigenvalue weighted by Gasteiger charge is 2.38. The van der Waals surface area contributed by atoms with E-state index in [1.807, 2.05) is 26.0 Å². The summed E-state index contributed by atoms with van der Waals surface area (Å²) in [7, 11) is 1.65. The van der Waals surface area contributed by atoms with Crippen molar-refractivity contribution >= 4 is 11.6 Å². The van der Waals surface area contributed by atoms with Crippen LogP contribution in [0, 0.1) is 0 Å². The average Bonchev–Trinajstić information content (AvgIpc) is 2.89. The fourth-order valence-corrected chi connectivity index (χ4v) is 3.31. The van der Waals surface area contributed by atoms with Gasteiger partial charge in [-0.3, -0.25) is 0 Å². The molecule has 0 unspecified atom stereocenters. The Hall–Kier alpha value is -0.930. The Bertz CT molecular complexity index is 468. The molecule has 0 aromatic heterocycles. The topological polar surface area (TPSA) is 44.5 Å². The quantitative estimate of drug-likeness (QED) is 0.896. The van der Waals surface area contributed by atoms with Gasteiger partial charge in [-0.05, 0) is 32.8 Å². The molecule has 0 atom stereocenters. The number of hydrogen-bond acceptors (Lipinski definition) is 3. The van der Waals surface area contributed by atoms with Crippen LogP contribution in [0.5, 0.6) is 11.5 Å². The molecule has 0 radical (unpaired) electrons. The minimum absolute atomic E-state index is 0.0254. The van der Waals surface area contributed by atoms with Crippen LogP contribution in [0.3, 0.4) is 0 Å². The number of rotatable bonds is 5. The Morgan fingerprint density at radius 3 is 2.45 bits per heavy atom. The fraction of sp³-hybridized carbons (Fsp3) is 0.625. The molecular formula is C16H24ClNO2. The fourth-order valence-electron chi connectivity index (χ4n) is 3.11. The highest BCUT2D eigenvalue weighted by atomic mass is 35.5. The van der Waals surface area contributed by atoms with Gasteiger partial charge in [0.25, 0.3) is 0 Å². The van der Waals surface area contributed by atoms with Crippen molar-refractivity contribution in [3.05, 3.63) is 22.7 Å². The summed E-state index contributed by atoms with van der Waals surface area (Å²) in [4.78, 5) is 0. The molecule has 1 saturated carbocycles. The molecule has 1 aromatic rings. The molecule has 0 saturated heterocycles. The van der Waals surface area contributed by atoms with Gasteiger partial charge in [0, 0.05) is 28.6 Å². The highest BCUT2D eigenvalue weighted by molar-refractivity contribution is 6.30. The Morgan fingerprint density at radius 2 is 1.95 bits per heavy atom. The number of nitrogens with two attached hydrogens (primary N) is 1. The van der Waals surface area contributed by atoms with Gasteiger partial charge in [-0.25, -0.2) is 0 Å². The van der Waals surface area contributed by atoms with Crippen molar-refractivity contribution in [1.82, 2.24) is 0 Å². The summed E-state index contributed by atoms with van der Waals surface area (Å²) in [6.07, 6.45) is 4.66. The van der Waals surface area contributed by atoms with Crippen molar-refractivity contribution in [2.24, 2.45) is 5.73 Å². The molecule has 4 heteroatoms. The first-order valence-electron chi connectivity index (χ1n) is 7.27. The lowest BCUT2D eigenvalue weighted by atomic mass is 9.78. The first kappa shape index (κ1) is 15.5. The SMILES string of the molecule is COc1cc(Cl)cc(C2(CN)CCCC2)c1OC(C)C. The van der Waals surface area contributed by atoms with Crippen molar-refractivity contribution in [1.29, 1.82) is 0 Å². The van der Waals surface area contributed by atoms with E-state index in [4.69, 9.17) is 26.8 Å². The van der Waals surface area contributed by atoms with Gasteiger partial charge in [0.1, 0.15) is 0 Å². The van der Waals surface area contributed by atoms with Crippen molar-refractivity contribution in [2.75, 3.05) is 13.7 Å². The second kappa shape index (κ2) is 6.23. The Morgan fingerprint density at radius 1 is 1.30 bits per heavy atom. The van der Waals surface area contributed by atoms with E-state index in [9.17, 15) is 0 Å². The van der Waals surface area contributed by atoms with E-state index in [1.54, 1.807) is 7.11 Å². The van der Waals surface area contributed by atoms with E-state index in [1.165, 1.54) is 12.8 Å². The van der Waals surface area contributed by atoms with Crippen LogP contribution < -0.4 is 15.2 Å². The van der Waals surface area contributed by atoms with Crippen LogP contribution in [0.4, 0.5) is 0 Å². The molecular weight excluding hydrogens is 274 g/mol. The van der Waals surface area contributed by atoms with Crippen LogP contribution in [0.2, 0.25) is 5.02 Å². The predicted octanol–water partition coefficient (Wildman–Crippen LogP) is 3.91. The second-order valence-corrected chi connectivity index (χ2v) is 6.28. The lowest BCUT2D eigenvalue weighted by molar-refractivity contribution is 0.222.